The van der Waals surface area contributed by atoms with Crippen LogP contribution in [0, 0.1) is 0 Å². The van der Waals surface area contributed by atoms with E-state index in [4.69, 9.17) is 9.84 Å². The number of ether oxygens (including phenoxy) is 1. The van der Waals surface area contributed by atoms with Gasteiger partial charge in [-0.25, -0.2) is 9.78 Å². The molecule has 1 heterocycles. The largest absolute Gasteiger partial charge is 0.488 e. The molecule has 1 N–H and O–H groups in total. The second-order valence-corrected chi connectivity index (χ2v) is 3.76. The summed E-state index contributed by atoms with van der Waals surface area (Å²) in [5, 5.41) is 8.84. The Hall–Kier alpha value is -1.10. The molecule has 0 aliphatic rings. The summed E-state index contributed by atoms with van der Waals surface area (Å²) < 4.78 is 5.78. The number of aromatic nitrogens is 1. The lowest BCUT2D eigenvalue weighted by Gasteiger charge is -2.11. The zero-order chi connectivity index (χ0) is 10.7. The third-order valence-corrected chi connectivity index (χ3v) is 1.83. The zero-order valence-electron chi connectivity index (χ0n) is 7.82. The molecule has 0 aliphatic carbocycles. The molecule has 0 amide bonds. The van der Waals surface area contributed by atoms with Crippen LogP contribution in [0.3, 0.4) is 0 Å². The molecule has 0 aliphatic heterocycles. The van der Waals surface area contributed by atoms with Crippen molar-refractivity contribution in [2.24, 2.45) is 0 Å². The van der Waals surface area contributed by atoms with Crippen molar-refractivity contribution in [3.63, 3.8) is 0 Å². The van der Waals surface area contributed by atoms with Gasteiger partial charge in [0.15, 0.2) is 11.4 Å². The van der Waals surface area contributed by atoms with Crippen molar-refractivity contribution in [2.75, 3.05) is 0 Å². The molecule has 1 aromatic rings. The number of carboxylic acids is 1. The second kappa shape index (κ2) is 4.41. The molecule has 0 spiro atoms. The molecule has 0 aromatic carbocycles. The molecule has 4 nitrogen and oxygen atoms in total. The Morgan fingerprint density at radius 3 is 2.71 bits per heavy atom. The summed E-state index contributed by atoms with van der Waals surface area (Å²) in [5.41, 5.74) is -0.0759. The minimum atomic E-state index is -1.10. The molecule has 5 heteroatoms. The molecule has 0 fully saturated rings. The van der Waals surface area contributed by atoms with Crippen LogP contribution < -0.4 is 4.74 Å². The van der Waals surface area contributed by atoms with Gasteiger partial charge in [0, 0.05) is 0 Å². The Morgan fingerprint density at radius 1 is 1.57 bits per heavy atom. The second-order valence-electron chi connectivity index (χ2n) is 2.95. The van der Waals surface area contributed by atoms with Gasteiger partial charge < -0.3 is 9.84 Å². The smallest absolute Gasteiger partial charge is 0.358 e. The lowest BCUT2D eigenvalue weighted by Crippen LogP contribution is -2.11. The van der Waals surface area contributed by atoms with Gasteiger partial charge in [-0.15, -0.1) is 0 Å². The number of aromatic carboxylic acids is 1. The van der Waals surface area contributed by atoms with Crippen LogP contribution >= 0.6 is 15.9 Å². The van der Waals surface area contributed by atoms with Crippen LogP contribution in [0.1, 0.15) is 24.3 Å². The molecular weight excluding hydrogens is 250 g/mol. The van der Waals surface area contributed by atoms with Crippen molar-refractivity contribution in [3.05, 3.63) is 22.4 Å². The van der Waals surface area contributed by atoms with Crippen molar-refractivity contribution in [2.45, 2.75) is 20.0 Å². The molecule has 0 atom stereocenters. The lowest BCUT2D eigenvalue weighted by atomic mass is 10.3. The van der Waals surface area contributed by atoms with Crippen LogP contribution in [-0.4, -0.2) is 22.2 Å². The highest BCUT2D eigenvalue weighted by atomic mass is 79.9. The Bertz CT molecular complexity index is 352. The molecule has 0 saturated heterocycles. The predicted molar refractivity (Wildman–Crippen MR) is 54.7 cm³/mol. The first-order chi connectivity index (χ1) is 6.50. The summed E-state index contributed by atoms with van der Waals surface area (Å²) in [6.07, 6.45) is -0.0731. The number of hydrogen-bond acceptors (Lipinski definition) is 3. The summed E-state index contributed by atoms with van der Waals surface area (Å²) in [7, 11) is 0. The normalized spacial score (nSPS) is 10.3. The number of halogens is 1. The minimum Gasteiger partial charge on any atom is -0.488 e. The van der Waals surface area contributed by atoms with Crippen molar-refractivity contribution in [3.8, 4) is 5.75 Å². The van der Waals surface area contributed by atoms with Crippen molar-refractivity contribution in [1.29, 1.82) is 0 Å². The van der Waals surface area contributed by atoms with Crippen LogP contribution in [0.5, 0.6) is 5.75 Å². The Morgan fingerprint density at radius 2 is 2.21 bits per heavy atom. The van der Waals surface area contributed by atoms with Gasteiger partial charge in [0.05, 0.1) is 6.10 Å². The van der Waals surface area contributed by atoms with Crippen molar-refractivity contribution >= 4 is 21.9 Å². The molecule has 76 valence electrons. The van der Waals surface area contributed by atoms with E-state index < -0.39 is 5.97 Å². The number of hydrogen-bond donors (Lipinski definition) is 1. The predicted octanol–water partition coefficient (Wildman–Crippen LogP) is 2.33. The third-order valence-electron chi connectivity index (χ3n) is 1.39. The quantitative estimate of drug-likeness (QED) is 0.847. The summed E-state index contributed by atoms with van der Waals surface area (Å²) in [4.78, 5) is 14.6. The highest BCUT2D eigenvalue weighted by molar-refractivity contribution is 9.10. The average molecular weight is 260 g/mol. The van der Waals surface area contributed by atoms with Gasteiger partial charge in [-0.05, 0) is 41.9 Å². The zero-order valence-corrected chi connectivity index (χ0v) is 9.41. The summed E-state index contributed by atoms with van der Waals surface area (Å²) in [6.45, 7) is 3.65. The van der Waals surface area contributed by atoms with E-state index in [-0.39, 0.29) is 17.5 Å². The van der Waals surface area contributed by atoms with Crippen LogP contribution in [0.15, 0.2) is 16.7 Å². The number of carbonyl (C=O) groups is 1. The fourth-order valence-electron chi connectivity index (χ4n) is 0.925. The fourth-order valence-corrected chi connectivity index (χ4v) is 1.23. The van der Waals surface area contributed by atoms with Gasteiger partial charge >= 0.3 is 5.97 Å². The minimum absolute atomic E-state index is 0.0731. The Labute approximate surface area is 90.0 Å². The maximum atomic E-state index is 10.8. The molecule has 0 unspecified atom stereocenters. The number of pyridine rings is 1. The third kappa shape index (κ3) is 2.70. The van der Waals surface area contributed by atoms with E-state index in [1.807, 2.05) is 13.8 Å². The first-order valence-corrected chi connectivity index (χ1v) is 4.86. The molecule has 1 aromatic heterocycles. The maximum absolute atomic E-state index is 10.8. The van der Waals surface area contributed by atoms with E-state index in [1.165, 1.54) is 0 Å². The first-order valence-electron chi connectivity index (χ1n) is 4.07. The van der Waals surface area contributed by atoms with Crippen LogP contribution in [0.4, 0.5) is 0 Å². The Kier molecular flexibility index (Phi) is 3.46. The molecule has 0 bridgehead atoms. The summed E-state index contributed by atoms with van der Waals surface area (Å²) in [5.74, 6) is -0.808. The van der Waals surface area contributed by atoms with E-state index in [9.17, 15) is 4.79 Å². The molecule has 0 saturated carbocycles. The monoisotopic (exact) mass is 259 g/mol. The van der Waals surface area contributed by atoms with E-state index in [2.05, 4.69) is 20.9 Å². The van der Waals surface area contributed by atoms with Gasteiger partial charge in [0.1, 0.15) is 4.60 Å². The first kappa shape index (κ1) is 11.0. The SMILES string of the molecule is CC(C)Oc1ccc(Br)nc1C(=O)O. The molecule has 1 rings (SSSR count). The Balaban J connectivity index is 3.08. The highest BCUT2D eigenvalue weighted by Gasteiger charge is 2.14. The molecule has 14 heavy (non-hydrogen) atoms. The molecular formula is C9H10BrNO3. The summed E-state index contributed by atoms with van der Waals surface area (Å²) >= 11 is 3.10. The van der Waals surface area contributed by atoms with E-state index >= 15 is 0 Å². The average Bonchev–Trinajstić information content (AvgIpc) is 2.07. The van der Waals surface area contributed by atoms with Crippen LogP contribution in [0.25, 0.3) is 0 Å². The van der Waals surface area contributed by atoms with Crippen LogP contribution in [0.2, 0.25) is 0 Å². The van der Waals surface area contributed by atoms with Crippen LogP contribution in [-0.2, 0) is 0 Å². The van der Waals surface area contributed by atoms with E-state index in [1.54, 1.807) is 12.1 Å². The van der Waals surface area contributed by atoms with Crippen molar-refractivity contribution < 1.29 is 14.6 Å². The van der Waals surface area contributed by atoms with Gasteiger partial charge in [0.2, 0.25) is 0 Å². The van der Waals surface area contributed by atoms with Gasteiger partial charge in [-0.2, -0.15) is 0 Å². The maximum Gasteiger partial charge on any atom is 0.358 e. The van der Waals surface area contributed by atoms with Crippen molar-refractivity contribution in [1.82, 2.24) is 4.98 Å². The number of rotatable bonds is 3. The number of nitrogens with zero attached hydrogens (tertiary/aromatic N) is 1. The lowest BCUT2D eigenvalue weighted by molar-refractivity contribution is 0.0683. The van der Waals surface area contributed by atoms with E-state index in [0.29, 0.717) is 4.60 Å². The van der Waals surface area contributed by atoms with Gasteiger partial charge in [-0.3, -0.25) is 0 Å². The molecule has 0 radical (unpaired) electrons. The van der Waals surface area contributed by atoms with Gasteiger partial charge in [0.25, 0.3) is 0 Å². The topological polar surface area (TPSA) is 59.4 Å². The standard InChI is InChI=1S/C9H10BrNO3/c1-5(2)14-6-3-4-7(10)11-8(6)9(12)13/h3-5H,1-2H3,(H,12,13). The number of carboxylic acid groups (broad SMARTS) is 1. The van der Waals surface area contributed by atoms with Gasteiger partial charge in [-0.1, -0.05) is 0 Å². The van der Waals surface area contributed by atoms with E-state index in [0.717, 1.165) is 0 Å². The highest BCUT2D eigenvalue weighted by Crippen LogP contribution is 2.20. The fraction of sp³-hybridized carbons (Fsp3) is 0.333. The summed E-state index contributed by atoms with van der Waals surface area (Å²) in [6, 6.07) is 3.23.